The predicted molar refractivity (Wildman–Crippen MR) is 223 cm³/mol. The highest BCUT2D eigenvalue weighted by molar-refractivity contribution is 7.17. The van der Waals surface area contributed by atoms with E-state index in [2.05, 4.69) is 28.9 Å². The van der Waals surface area contributed by atoms with Crippen LogP contribution in [0.4, 0.5) is 5.69 Å². The fraction of sp³-hybridized carbons (Fsp3) is 0.605. The van der Waals surface area contributed by atoms with Crippen molar-refractivity contribution in [2.45, 2.75) is 117 Å². The number of carbonyl (C=O) groups excluding carboxylic acids is 5. The van der Waals surface area contributed by atoms with Gasteiger partial charge in [-0.2, -0.15) is 0 Å². The minimum atomic E-state index is -0.504. The molecule has 3 aromatic rings. The molecule has 0 aliphatic heterocycles. The van der Waals surface area contributed by atoms with Gasteiger partial charge in [0.1, 0.15) is 17.8 Å². The molecule has 1 aliphatic carbocycles. The smallest absolute Gasteiger partial charge is 0.308 e. The molecule has 0 spiro atoms. The number of fused-ring (bicyclic) bond motifs is 1. The lowest BCUT2D eigenvalue weighted by atomic mass is 9.85. The first-order chi connectivity index (χ1) is 27.4. The number of carbonyl (C=O) groups is 5. The van der Waals surface area contributed by atoms with Crippen molar-refractivity contribution in [3.63, 3.8) is 0 Å². The van der Waals surface area contributed by atoms with E-state index < -0.39 is 5.60 Å². The quantitative estimate of drug-likeness (QED) is 0.0760. The third-order valence-corrected chi connectivity index (χ3v) is 10.8. The molecule has 1 saturated carbocycles. The van der Waals surface area contributed by atoms with Gasteiger partial charge < -0.3 is 39.6 Å². The molecule has 314 valence electrons. The van der Waals surface area contributed by atoms with Crippen molar-refractivity contribution < 1.29 is 38.2 Å². The summed E-state index contributed by atoms with van der Waals surface area (Å²) in [6.45, 7) is 12.5. The monoisotopic (exact) mass is 809 g/mol. The fourth-order valence-corrected chi connectivity index (χ4v) is 7.75. The number of benzene rings is 1. The molecule has 1 fully saturated rings. The van der Waals surface area contributed by atoms with Gasteiger partial charge in [0.05, 0.1) is 43.1 Å². The molecule has 0 bridgehead atoms. The van der Waals surface area contributed by atoms with E-state index in [0.717, 1.165) is 47.2 Å². The van der Waals surface area contributed by atoms with Crippen molar-refractivity contribution in [2.75, 3.05) is 51.0 Å². The number of esters is 1. The first-order valence-corrected chi connectivity index (χ1v) is 21.4. The van der Waals surface area contributed by atoms with E-state index in [-0.39, 0.29) is 61.1 Å². The van der Waals surface area contributed by atoms with Gasteiger partial charge in [0.25, 0.3) is 5.91 Å². The highest BCUT2D eigenvalue weighted by Gasteiger charge is 2.29. The zero-order valence-corrected chi connectivity index (χ0v) is 35.3. The van der Waals surface area contributed by atoms with Crippen LogP contribution in [-0.2, 0) is 46.4 Å². The third kappa shape index (κ3) is 15.2. The average molecular weight is 810 g/mol. The topological polar surface area (TPSA) is 157 Å². The summed E-state index contributed by atoms with van der Waals surface area (Å²) >= 11 is 1.55. The summed E-state index contributed by atoms with van der Waals surface area (Å²) in [6, 6.07) is 11.8. The Morgan fingerprint density at radius 2 is 1.61 bits per heavy atom. The van der Waals surface area contributed by atoms with Gasteiger partial charge in [-0.3, -0.25) is 24.0 Å². The normalized spacial score (nSPS) is 15.6. The lowest BCUT2D eigenvalue weighted by molar-refractivity contribution is -0.156. The number of anilines is 1. The molecule has 1 aromatic carbocycles. The van der Waals surface area contributed by atoms with Gasteiger partial charge in [-0.25, -0.2) is 0 Å². The second kappa shape index (κ2) is 23.2. The zero-order valence-electron chi connectivity index (χ0n) is 34.5. The number of unbranched alkanes of at least 4 members (excludes halogenated alkanes) is 2. The van der Waals surface area contributed by atoms with Gasteiger partial charge in [-0.15, -0.1) is 11.3 Å². The molecule has 4 rings (SSSR count). The van der Waals surface area contributed by atoms with E-state index >= 15 is 0 Å². The molecule has 0 saturated heterocycles. The molecular weight excluding hydrogens is 747 g/mol. The van der Waals surface area contributed by atoms with E-state index in [9.17, 15) is 24.0 Å². The molecule has 2 aromatic heterocycles. The Kier molecular flexibility index (Phi) is 18.5. The van der Waals surface area contributed by atoms with Crippen LogP contribution in [0.1, 0.15) is 108 Å². The fourth-order valence-electron chi connectivity index (χ4n) is 6.93. The van der Waals surface area contributed by atoms with Crippen molar-refractivity contribution in [1.82, 2.24) is 20.5 Å². The van der Waals surface area contributed by atoms with Crippen LogP contribution in [0.25, 0.3) is 10.2 Å². The van der Waals surface area contributed by atoms with Gasteiger partial charge >= 0.3 is 5.97 Å². The Bertz CT molecular complexity index is 1760. The van der Waals surface area contributed by atoms with E-state index in [1.807, 2.05) is 68.0 Å². The molecule has 2 heterocycles. The number of hydrogen-bond donors (Lipinski definition) is 3. The number of aromatic nitrogens is 1. The lowest BCUT2D eigenvalue weighted by Gasteiger charge is -2.28. The number of amides is 4. The second-order valence-corrected chi connectivity index (χ2v) is 16.4. The van der Waals surface area contributed by atoms with Gasteiger partial charge in [-0.05, 0) is 108 Å². The molecule has 1 aliphatic rings. The Morgan fingerprint density at radius 3 is 2.33 bits per heavy atom. The lowest BCUT2D eigenvalue weighted by Crippen LogP contribution is -2.42. The van der Waals surface area contributed by atoms with Crippen molar-refractivity contribution in [3.8, 4) is 0 Å². The number of nitrogens with zero attached hydrogens (tertiary/aromatic N) is 2. The number of aryl methyl sites for hydroxylation is 1. The first kappa shape index (κ1) is 45.4. The highest BCUT2D eigenvalue weighted by Crippen LogP contribution is 2.28. The van der Waals surface area contributed by atoms with Crippen LogP contribution in [0, 0.1) is 5.92 Å². The van der Waals surface area contributed by atoms with Crippen LogP contribution >= 0.6 is 11.3 Å². The molecule has 0 radical (unpaired) electrons. The van der Waals surface area contributed by atoms with E-state index in [4.69, 9.17) is 14.2 Å². The number of rotatable bonds is 23. The van der Waals surface area contributed by atoms with E-state index in [0.29, 0.717) is 77.3 Å². The van der Waals surface area contributed by atoms with Crippen molar-refractivity contribution in [1.29, 1.82) is 0 Å². The summed E-state index contributed by atoms with van der Waals surface area (Å²) in [5.41, 5.74) is 2.86. The Labute approximate surface area is 341 Å². The summed E-state index contributed by atoms with van der Waals surface area (Å²) < 4.78 is 18.9. The Morgan fingerprint density at radius 1 is 0.860 bits per heavy atom. The van der Waals surface area contributed by atoms with Gasteiger partial charge in [0, 0.05) is 43.7 Å². The predicted octanol–water partition coefficient (Wildman–Crippen LogP) is 6.16. The second-order valence-electron chi connectivity index (χ2n) is 15.5. The van der Waals surface area contributed by atoms with E-state index in [1.165, 1.54) is 0 Å². The average Bonchev–Trinajstić information content (AvgIpc) is 3.78. The van der Waals surface area contributed by atoms with E-state index in [1.54, 1.807) is 16.2 Å². The highest BCUT2D eigenvalue weighted by atomic mass is 32.1. The van der Waals surface area contributed by atoms with Crippen LogP contribution in [0.5, 0.6) is 0 Å². The standard InChI is InChI=1S/C43H63N5O8S/c1-6-31-12-11-13-34(28-31)47(7-2)39(50)30-48-35-20-27-57-37(35)29-36(48)42(53)46-33-17-15-32(16-18-33)41(52)45-21-10-8-9-14-38(49)44-22-24-55-26-25-54-23-19-40(51)56-43(3,4)5/h11-13,20,27-29,32-33H,6-10,14-19,21-26,30H2,1-5H3,(H,44,49)(H,45,52)(H,46,53)/t32-,33-. The summed E-state index contributed by atoms with van der Waals surface area (Å²) in [5.74, 6) is -0.645. The molecule has 13 nitrogen and oxygen atoms in total. The number of nitrogens with one attached hydrogen (secondary N) is 3. The molecule has 57 heavy (non-hydrogen) atoms. The maximum Gasteiger partial charge on any atom is 0.308 e. The maximum absolute atomic E-state index is 13.6. The minimum absolute atomic E-state index is 0.0294. The number of hydrogen-bond acceptors (Lipinski definition) is 9. The number of thiophene rings is 1. The summed E-state index contributed by atoms with van der Waals surface area (Å²) in [4.78, 5) is 65.8. The minimum Gasteiger partial charge on any atom is -0.460 e. The number of ether oxygens (including phenoxy) is 3. The van der Waals surface area contributed by atoms with Gasteiger partial charge in [0.2, 0.25) is 17.7 Å². The van der Waals surface area contributed by atoms with Crippen LogP contribution in [0.2, 0.25) is 0 Å². The van der Waals surface area contributed by atoms with Crippen molar-refractivity contribution in [3.05, 3.63) is 53.0 Å². The molecule has 4 amide bonds. The molecule has 14 heteroatoms. The van der Waals surface area contributed by atoms with Crippen LogP contribution in [0.3, 0.4) is 0 Å². The Balaban J connectivity index is 1.07. The SMILES string of the molecule is CCc1cccc(N(CC)C(=O)Cn2c(C(=O)N[C@H]3CC[C@H](C(=O)NCCCCCC(=O)NCCOCCOCCC(=O)OC(C)(C)C)CC3)cc3sccc32)c1. The maximum atomic E-state index is 13.6. The van der Waals surface area contributed by atoms with Crippen LogP contribution in [-0.4, -0.2) is 91.9 Å². The van der Waals surface area contributed by atoms with Crippen LogP contribution in [0.15, 0.2) is 41.8 Å². The zero-order chi connectivity index (χ0) is 41.2. The largest absolute Gasteiger partial charge is 0.460 e. The molecule has 0 atom stereocenters. The molecule has 0 unspecified atom stereocenters. The summed E-state index contributed by atoms with van der Waals surface area (Å²) in [6.07, 6.45) is 6.65. The number of likely N-dealkylation sites (N-methyl/N-ethyl adjacent to an activating group) is 1. The molecular formula is C43H63N5O8S. The van der Waals surface area contributed by atoms with Crippen molar-refractivity contribution >= 4 is 56.8 Å². The third-order valence-electron chi connectivity index (χ3n) is 9.92. The first-order valence-electron chi connectivity index (χ1n) is 20.6. The van der Waals surface area contributed by atoms with Crippen LogP contribution < -0.4 is 20.9 Å². The van der Waals surface area contributed by atoms with Gasteiger partial charge in [0.15, 0.2) is 0 Å². The summed E-state index contributed by atoms with van der Waals surface area (Å²) in [7, 11) is 0. The Hall–Kier alpha value is -4.27. The molecule has 3 N–H and O–H groups in total. The van der Waals surface area contributed by atoms with Gasteiger partial charge in [-0.1, -0.05) is 25.5 Å². The summed E-state index contributed by atoms with van der Waals surface area (Å²) in [5, 5.41) is 11.1. The van der Waals surface area contributed by atoms with Crippen molar-refractivity contribution in [2.24, 2.45) is 5.92 Å².